The number of rotatable bonds is 8. The molecule has 0 unspecified atom stereocenters. The lowest BCUT2D eigenvalue weighted by Crippen LogP contribution is -2.41. The average Bonchev–Trinajstić information content (AvgIpc) is 2.16. The van der Waals surface area contributed by atoms with Crippen LogP contribution >= 0.6 is 0 Å². The minimum absolute atomic E-state index is 0.000184. The van der Waals surface area contributed by atoms with E-state index in [1.807, 2.05) is 0 Å². The summed E-state index contributed by atoms with van der Waals surface area (Å²) in [6.07, 6.45) is 5.49. The van der Waals surface area contributed by atoms with Gasteiger partial charge in [-0.15, -0.1) is 0 Å². The summed E-state index contributed by atoms with van der Waals surface area (Å²) in [5, 5.41) is 2.88. The molecule has 0 aromatic carbocycles. The number of amides is 1. The predicted molar refractivity (Wildman–Crippen MR) is 64.6 cm³/mol. The van der Waals surface area contributed by atoms with E-state index in [0.717, 1.165) is 19.4 Å². The first-order valence-electron chi connectivity index (χ1n) is 6.11. The summed E-state index contributed by atoms with van der Waals surface area (Å²) in [5.74, 6) is 0.478. The number of unbranched alkanes of at least 4 members (excludes halogenated alkanes) is 3. The molecule has 0 rings (SSSR count). The zero-order valence-electron chi connectivity index (χ0n) is 10.4. The van der Waals surface area contributed by atoms with Crippen molar-refractivity contribution >= 4 is 5.91 Å². The van der Waals surface area contributed by atoms with Gasteiger partial charge in [-0.1, -0.05) is 40.0 Å². The van der Waals surface area contributed by atoms with Gasteiger partial charge in [0.15, 0.2) is 0 Å². The van der Waals surface area contributed by atoms with Gasteiger partial charge in [0.25, 0.3) is 0 Å². The van der Waals surface area contributed by atoms with Gasteiger partial charge in [-0.2, -0.15) is 0 Å². The molecule has 0 aliphatic rings. The monoisotopic (exact) mass is 214 g/mol. The van der Waals surface area contributed by atoms with Gasteiger partial charge in [-0.05, 0) is 18.8 Å². The number of hydrogen-bond acceptors (Lipinski definition) is 2. The Balaban J connectivity index is 3.47. The summed E-state index contributed by atoms with van der Waals surface area (Å²) in [5.41, 5.74) is 5.75. The van der Waals surface area contributed by atoms with E-state index < -0.39 is 0 Å². The van der Waals surface area contributed by atoms with Gasteiger partial charge in [0, 0.05) is 6.54 Å². The summed E-state index contributed by atoms with van der Waals surface area (Å²) >= 11 is 0. The number of nitrogens with one attached hydrogen (secondary N) is 1. The molecule has 90 valence electrons. The topological polar surface area (TPSA) is 55.1 Å². The third kappa shape index (κ3) is 8.43. The Morgan fingerprint density at radius 2 is 1.93 bits per heavy atom. The SMILES string of the molecule is CCCCCCNC(=O)[C@H](N)CC(C)C. The fourth-order valence-corrected chi connectivity index (χ4v) is 1.51. The quantitative estimate of drug-likeness (QED) is 0.608. The number of carbonyl (C=O) groups is 1. The minimum atomic E-state index is -0.337. The Labute approximate surface area is 93.8 Å². The molecule has 0 aliphatic heterocycles. The first kappa shape index (κ1) is 14.4. The van der Waals surface area contributed by atoms with E-state index in [9.17, 15) is 4.79 Å². The van der Waals surface area contributed by atoms with E-state index in [-0.39, 0.29) is 11.9 Å². The van der Waals surface area contributed by atoms with Crippen molar-refractivity contribution in [3.05, 3.63) is 0 Å². The summed E-state index contributed by atoms with van der Waals surface area (Å²) < 4.78 is 0. The van der Waals surface area contributed by atoms with Crippen LogP contribution in [-0.4, -0.2) is 18.5 Å². The largest absolute Gasteiger partial charge is 0.355 e. The molecule has 0 fully saturated rings. The molecule has 15 heavy (non-hydrogen) atoms. The smallest absolute Gasteiger partial charge is 0.236 e. The maximum atomic E-state index is 11.5. The fraction of sp³-hybridized carbons (Fsp3) is 0.917. The van der Waals surface area contributed by atoms with Gasteiger partial charge in [0.1, 0.15) is 0 Å². The molecule has 0 saturated heterocycles. The van der Waals surface area contributed by atoms with Gasteiger partial charge in [-0.25, -0.2) is 0 Å². The maximum Gasteiger partial charge on any atom is 0.236 e. The van der Waals surface area contributed by atoms with Crippen LogP contribution in [0.25, 0.3) is 0 Å². The highest BCUT2D eigenvalue weighted by Crippen LogP contribution is 2.02. The minimum Gasteiger partial charge on any atom is -0.355 e. The number of hydrogen-bond donors (Lipinski definition) is 2. The second kappa shape index (κ2) is 8.72. The van der Waals surface area contributed by atoms with Crippen molar-refractivity contribution in [2.24, 2.45) is 11.7 Å². The van der Waals surface area contributed by atoms with Crippen molar-refractivity contribution in [3.63, 3.8) is 0 Å². The van der Waals surface area contributed by atoms with Crippen LogP contribution in [0.1, 0.15) is 52.9 Å². The average molecular weight is 214 g/mol. The summed E-state index contributed by atoms with van der Waals surface area (Å²) in [6.45, 7) is 7.10. The van der Waals surface area contributed by atoms with Gasteiger partial charge in [-0.3, -0.25) is 4.79 Å². The first-order chi connectivity index (χ1) is 7.07. The van der Waals surface area contributed by atoms with Crippen molar-refractivity contribution in [1.82, 2.24) is 5.32 Å². The van der Waals surface area contributed by atoms with E-state index >= 15 is 0 Å². The number of carbonyl (C=O) groups excluding carboxylic acids is 1. The van der Waals surface area contributed by atoms with Crippen molar-refractivity contribution in [2.75, 3.05) is 6.54 Å². The molecule has 0 radical (unpaired) electrons. The van der Waals surface area contributed by atoms with Gasteiger partial charge >= 0.3 is 0 Å². The summed E-state index contributed by atoms with van der Waals surface area (Å²) in [4.78, 5) is 11.5. The standard InChI is InChI=1S/C12H26N2O/c1-4-5-6-7-8-14-12(15)11(13)9-10(2)3/h10-11H,4-9,13H2,1-3H3,(H,14,15)/t11-/m1/s1. The first-order valence-corrected chi connectivity index (χ1v) is 6.11. The summed E-state index contributed by atoms with van der Waals surface area (Å²) in [6, 6.07) is -0.337. The highest BCUT2D eigenvalue weighted by atomic mass is 16.2. The Morgan fingerprint density at radius 3 is 2.47 bits per heavy atom. The zero-order valence-corrected chi connectivity index (χ0v) is 10.4. The Bertz CT molecular complexity index is 169. The second-order valence-electron chi connectivity index (χ2n) is 4.59. The predicted octanol–water partition coefficient (Wildman–Crippen LogP) is 2.06. The van der Waals surface area contributed by atoms with E-state index in [0.29, 0.717) is 5.92 Å². The van der Waals surface area contributed by atoms with E-state index in [4.69, 9.17) is 5.73 Å². The maximum absolute atomic E-state index is 11.5. The van der Waals surface area contributed by atoms with Crippen LogP contribution < -0.4 is 11.1 Å². The fourth-order valence-electron chi connectivity index (χ4n) is 1.51. The third-order valence-corrected chi connectivity index (χ3v) is 2.39. The van der Waals surface area contributed by atoms with Crippen LogP contribution in [0.4, 0.5) is 0 Å². The lowest BCUT2D eigenvalue weighted by molar-refractivity contribution is -0.122. The molecular weight excluding hydrogens is 188 g/mol. The van der Waals surface area contributed by atoms with Crippen molar-refractivity contribution < 1.29 is 4.79 Å². The molecule has 1 amide bonds. The highest BCUT2D eigenvalue weighted by molar-refractivity contribution is 5.81. The molecule has 0 saturated carbocycles. The molecule has 1 atom stereocenters. The molecule has 0 aromatic heterocycles. The molecule has 0 spiro atoms. The van der Waals surface area contributed by atoms with Crippen LogP contribution in [0.3, 0.4) is 0 Å². The lowest BCUT2D eigenvalue weighted by Gasteiger charge is -2.13. The zero-order chi connectivity index (χ0) is 11.7. The molecular formula is C12H26N2O. The summed E-state index contributed by atoms with van der Waals surface area (Å²) in [7, 11) is 0. The van der Waals surface area contributed by atoms with E-state index in [1.54, 1.807) is 0 Å². The molecule has 0 aliphatic carbocycles. The number of nitrogens with two attached hydrogens (primary N) is 1. The Hall–Kier alpha value is -0.570. The normalized spacial score (nSPS) is 12.9. The molecule has 3 heteroatoms. The molecule has 3 N–H and O–H groups in total. The van der Waals surface area contributed by atoms with Crippen molar-refractivity contribution in [2.45, 2.75) is 58.9 Å². The van der Waals surface area contributed by atoms with E-state index in [2.05, 4.69) is 26.1 Å². The highest BCUT2D eigenvalue weighted by Gasteiger charge is 2.13. The molecule has 3 nitrogen and oxygen atoms in total. The van der Waals surface area contributed by atoms with Crippen molar-refractivity contribution in [3.8, 4) is 0 Å². The lowest BCUT2D eigenvalue weighted by atomic mass is 10.0. The van der Waals surface area contributed by atoms with Crippen LogP contribution in [-0.2, 0) is 4.79 Å². The molecule has 0 bridgehead atoms. The Morgan fingerprint density at radius 1 is 1.27 bits per heavy atom. The van der Waals surface area contributed by atoms with Gasteiger partial charge in [0.2, 0.25) is 5.91 Å². The van der Waals surface area contributed by atoms with Gasteiger partial charge in [0.05, 0.1) is 6.04 Å². The van der Waals surface area contributed by atoms with Crippen LogP contribution in [0.15, 0.2) is 0 Å². The third-order valence-electron chi connectivity index (χ3n) is 2.39. The second-order valence-corrected chi connectivity index (χ2v) is 4.59. The molecule has 0 heterocycles. The van der Waals surface area contributed by atoms with Gasteiger partial charge < -0.3 is 11.1 Å². The van der Waals surface area contributed by atoms with Crippen molar-refractivity contribution in [1.29, 1.82) is 0 Å². The molecule has 0 aromatic rings. The van der Waals surface area contributed by atoms with Crippen LogP contribution in [0.2, 0.25) is 0 Å². The van der Waals surface area contributed by atoms with E-state index in [1.165, 1.54) is 19.3 Å². The Kier molecular flexibility index (Phi) is 8.38. The van der Waals surface area contributed by atoms with Crippen LogP contribution in [0, 0.1) is 5.92 Å². The van der Waals surface area contributed by atoms with Crippen LogP contribution in [0.5, 0.6) is 0 Å².